The van der Waals surface area contributed by atoms with Gasteiger partial charge < -0.3 is 18.9 Å². The van der Waals surface area contributed by atoms with Gasteiger partial charge in [0.2, 0.25) is 0 Å². The molecule has 1 aromatic carbocycles. The third-order valence-electron chi connectivity index (χ3n) is 2.27. The predicted molar refractivity (Wildman–Crippen MR) is 70.2 cm³/mol. The fraction of sp³-hybridized carbons (Fsp3) is 0.500. The first-order chi connectivity index (χ1) is 9.34. The van der Waals surface area contributed by atoms with E-state index in [9.17, 15) is 4.79 Å². The first-order valence-corrected chi connectivity index (χ1v) is 6.21. The Morgan fingerprint density at radius 1 is 0.895 bits per heavy atom. The molecule has 0 radical (unpaired) electrons. The Labute approximate surface area is 113 Å². The number of hydrogen-bond donors (Lipinski definition) is 0. The van der Waals surface area contributed by atoms with Crippen molar-refractivity contribution < 1.29 is 23.7 Å². The molecule has 0 aliphatic carbocycles. The van der Waals surface area contributed by atoms with E-state index in [0.717, 1.165) is 0 Å². The minimum Gasteiger partial charge on any atom is -0.460 e. The Balaban J connectivity index is 1.95. The number of benzene rings is 1. The molecule has 0 spiro atoms. The number of carbonyl (C=O) groups is 1. The minimum absolute atomic E-state index is 0.242. The molecule has 106 valence electrons. The molecule has 0 aliphatic rings. The molecule has 0 atom stereocenters. The summed E-state index contributed by atoms with van der Waals surface area (Å²) >= 11 is 0. The van der Waals surface area contributed by atoms with Crippen LogP contribution >= 0.6 is 0 Å². The highest BCUT2D eigenvalue weighted by Crippen LogP contribution is 2.00. The maximum atomic E-state index is 11.5. The number of methoxy groups -OCH3 is 1. The standard InChI is InChI=1S/C14H20O5/c1-16-7-8-17-9-10-18-11-12-19-14(15)13-5-3-2-4-6-13/h2-6H,7-12H2,1H3. The van der Waals surface area contributed by atoms with Crippen LogP contribution in [0.15, 0.2) is 30.3 Å². The van der Waals surface area contributed by atoms with Crippen molar-refractivity contribution in [3.63, 3.8) is 0 Å². The SMILES string of the molecule is COCCOCCOCCOC(=O)c1ccccc1. The smallest absolute Gasteiger partial charge is 0.338 e. The molecule has 0 aliphatic heterocycles. The van der Waals surface area contributed by atoms with Gasteiger partial charge in [-0.3, -0.25) is 0 Å². The molecule has 0 N–H and O–H groups in total. The normalized spacial score (nSPS) is 10.4. The van der Waals surface area contributed by atoms with Crippen molar-refractivity contribution in [3.8, 4) is 0 Å². The van der Waals surface area contributed by atoms with E-state index >= 15 is 0 Å². The largest absolute Gasteiger partial charge is 0.460 e. The van der Waals surface area contributed by atoms with Gasteiger partial charge in [0.15, 0.2) is 0 Å². The van der Waals surface area contributed by atoms with Gasteiger partial charge in [-0.2, -0.15) is 0 Å². The Bertz CT molecular complexity index is 339. The summed E-state index contributed by atoms with van der Waals surface area (Å²) in [6.45, 7) is 2.73. The van der Waals surface area contributed by atoms with E-state index < -0.39 is 0 Å². The van der Waals surface area contributed by atoms with Crippen LogP contribution in [0.25, 0.3) is 0 Å². The molecular weight excluding hydrogens is 248 g/mol. The zero-order valence-electron chi connectivity index (χ0n) is 11.2. The second-order valence-corrected chi connectivity index (χ2v) is 3.72. The predicted octanol–water partition coefficient (Wildman–Crippen LogP) is 1.52. The minimum atomic E-state index is -0.333. The van der Waals surface area contributed by atoms with Crippen molar-refractivity contribution in [3.05, 3.63) is 35.9 Å². The average molecular weight is 268 g/mol. The zero-order chi connectivity index (χ0) is 13.8. The van der Waals surface area contributed by atoms with Gasteiger partial charge in [-0.25, -0.2) is 4.79 Å². The Morgan fingerprint density at radius 2 is 1.47 bits per heavy atom. The summed E-state index contributed by atoms with van der Waals surface area (Å²) in [5.41, 5.74) is 0.547. The van der Waals surface area contributed by atoms with Crippen molar-refractivity contribution in [2.45, 2.75) is 0 Å². The van der Waals surface area contributed by atoms with E-state index in [1.54, 1.807) is 31.4 Å². The van der Waals surface area contributed by atoms with E-state index in [-0.39, 0.29) is 12.6 Å². The van der Waals surface area contributed by atoms with Gasteiger partial charge in [0, 0.05) is 7.11 Å². The second kappa shape index (κ2) is 10.5. The van der Waals surface area contributed by atoms with E-state index in [2.05, 4.69) is 0 Å². The van der Waals surface area contributed by atoms with Crippen LogP contribution in [0, 0.1) is 0 Å². The van der Waals surface area contributed by atoms with Gasteiger partial charge in [0.1, 0.15) is 6.61 Å². The summed E-state index contributed by atoms with van der Waals surface area (Å²) in [5.74, 6) is -0.333. The topological polar surface area (TPSA) is 54.0 Å². The van der Waals surface area contributed by atoms with Crippen molar-refractivity contribution in [2.24, 2.45) is 0 Å². The molecule has 0 saturated heterocycles. The van der Waals surface area contributed by atoms with Crippen LogP contribution in [0.3, 0.4) is 0 Å². The van der Waals surface area contributed by atoms with Crippen LogP contribution in [0.5, 0.6) is 0 Å². The van der Waals surface area contributed by atoms with E-state index in [0.29, 0.717) is 38.6 Å². The summed E-state index contributed by atoms with van der Waals surface area (Å²) in [7, 11) is 1.63. The van der Waals surface area contributed by atoms with Crippen LogP contribution in [-0.4, -0.2) is 52.7 Å². The highest BCUT2D eigenvalue weighted by molar-refractivity contribution is 5.89. The average Bonchev–Trinajstić information content (AvgIpc) is 2.46. The zero-order valence-corrected chi connectivity index (χ0v) is 11.2. The van der Waals surface area contributed by atoms with Crippen LogP contribution in [0.1, 0.15) is 10.4 Å². The molecule has 0 heterocycles. The number of esters is 1. The quantitative estimate of drug-likeness (QED) is 0.476. The van der Waals surface area contributed by atoms with Crippen molar-refractivity contribution >= 4 is 5.97 Å². The van der Waals surface area contributed by atoms with Crippen LogP contribution in [0.2, 0.25) is 0 Å². The second-order valence-electron chi connectivity index (χ2n) is 3.72. The monoisotopic (exact) mass is 268 g/mol. The van der Waals surface area contributed by atoms with Gasteiger partial charge >= 0.3 is 5.97 Å². The molecule has 0 fully saturated rings. The number of hydrogen-bond acceptors (Lipinski definition) is 5. The molecule has 0 bridgehead atoms. The van der Waals surface area contributed by atoms with Gasteiger partial charge in [-0.05, 0) is 12.1 Å². The molecule has 19 heavy (non-hydrogen) atoms. The fourth-order valence-electron chi connectivity index (χ4n) is 1.32. The van der Waals surface area contributed by atoms with Crippen molar-refractivity contribution in [1.82, 2.24) is 0 Å². The van der Waals surface area contributed by atoms with Crippen molar-refractivity contribution in [1.29, 1.82) is 0 Å². The highest BCUT2D eigenvalue weighted by Gasteiger charge is 2.04. The molecule has 0 aromatic heterocycles. The third-order valence-corrected chi connectivity index (χ3v) is 2.27. The van der Waals surface area contributed by atoms with Crippen LogP contribution < -0.4 is 0 Å². The molecule has 1 rings (SSSR count). The lowest BCUT2D eigenvalue weighted by Gasteiger charge is -2.06. The maximum Gasteiger partial charge on any atom is 0.338 e. The van der Waals surface area contributed by atoms with Crippen LogP contribution in [0.4, 0.5) is 0 Å². The number of rotatable bonds is 10. The lowest BCUT2D eigenvalue weighted by molar-refractivity contribution is 0.00570. The van der Waals surface area contributed by atoms with E-state index in [4.69, 9.17) is 18.9 Å². The summed E-state index contributed by atoms with van der Waals surface area (Å²) in [4.78, 5) is 11.5. The van der Waals surface area contributed by atoms with E-state index in [1.165, 1.54) is 0 Å². The Morgan fingerprint density at radius 3 is 2.11 bits per heavy atom. The fourth-order valence-corrected chi connectivity index (χ4v) is 1.32. The Kier molecular flexibility index (Phi) is 8.63. The van der Waals surface area contributed by atoms with Gasteiger partial charge in [0.25, 0.3) is 0 Å². The van der Waals surface area contributed by atoms with Gasteiger partial charge in [-0.15, -0.1) is 0 Å². The number of ether oxygens (including phenoxy) is 4. The maximum absolute atomic E-state index is 11.5. The molecule has 5 nitrogen and oxygen atoms in total. The van der Waals surface area contributed by atoms with Crippen LogP contribution in [-0.2, 0) is 18.9 Å². The lowest BCUT2D eigenvalue weighted by atomic mass is 10.2. The van der Waals surface area contributed by atoms with Crippen molar-refractivity contribution in [2.75, 3.05) is 46.8 Å². The molecule has 5 heteroatoms. The lowest BCUT2D eigenvalue weighted by Crippen LogP contribution is -2.13. The molecule has 0 unspecified atom stereocenters. The first kappa shape index (κ1) is 15.6. The Hall–Kier alpha value is -1.43. The summed E-state index contributed by atoms with van der Waals surface area (Å²) in [6.07, 6.45) is 0. The van der Waals surface area contributed by atoms with Gasteiger partial charge in [0.05, 0.1) is 38.6 Å². The summed E-state index contributed by atoms with van der Waals surface area (Å²) in [6, 6.07) is 8.87. The van der Waals surface area contributed by atoms with E-state index in [1.807, 2.05) is 6.07 Å². The molecular formula is C14H20O5. The summed E-state index contributed by atoms with van der Waals surface area (Å²) in [5, 5.41) is 0. The highest BCUT2D eigenvalue weighted by atomic mass is 16.6. The molecule has 1 aromatic rings. The number of carbonyl (C=O) groups excluding carboxylic acids is 1. The molecule has 0 saturated carbocycles. The first-order valence-electron chi connectivity index (χ1n) is 6.21. The summed E-state index contributed by atoms with van der Waals surface area (Å²) < 4.78 is 20.4. The molecule has 0 amide bonds. The third kappa shape index (κ3) is 7.56. The van der Waals surface area contributed by atoms with Gasteiger partial charge in [-0.1, -0.05) is 18.2 Å².